The number of esters is 1. The SMILES string of the molecule is CC(C)OC(=O)c1c(-c2ccc(-c3ccccc3)cc2)csc1NC(=O)CCCc1ccccc1. The Kier molecular flexibility index (Phi) is 8.11. The predicted octanol–water partition coefficient (Wildman–Crippen LogP) is 7.61. The van der Waals surface area contributed by atoms with Crippen LogP contribution in [0.15, 0.2) is 90.3 Å². The molecule has 1 aromatic heterocycles. The largest absolute Gasteiger partial charge is 0.459 e. The number of thiophene rings is 1. The van der Waals surface area contributed by atoms with Gasteiger partial charge >= 0.3 is 5.97 Å². The molecule has 0 unspecified atom stereocenters. The van der Waals surface area contributed by atoms with Crippen molar-refractivity contribution in [2.75, 3.05) is 5.32 Å². The van der Waals surface area contributed by atoms with E-state index in [0.717, 1.165) is 35.1 Å². The number of benzene rings is 3. The Morgan fingerprint density at radius 1 is 0.829 bits per heavy atom. The van der Waals surface area contributed by atoms with Gasteiger partial charge in [0.05, 0.1) is 6.10 Å². The van der Waals surface area contributed by atoms with Crippen LogP contribution in [0.1, 0.15) is 42.6 Å². The molecule has 5 heteroatoms. The van der Waals surface area contributed by atoms with Crippen LogP contribution in [-0.4, -0.2) is 18.0 Å². The Balaban J connectivity index is 1.52. The van der Waals surface area contributed by atoms with Crippen molar-refractivity contribution in [1.29, 1.82) is 0 Å². The van der Waals surface area contributed by atoms with Gasteiger partial charge in [-0.3, -0.25) is 4.79 Å². The molecule has 0 saturated carbocycles. The number of anilines is 1. The quantitative estimate of drug-likeness (QED) is 0.249. The van der Waals surface area contributed by atoms with Crippen LogP contribution in [-0.2, 0) is 16.0 Å². The molecule has 1 amide bonds. The molecule has 0 fully saturated rings. The Hall–Kier alpha value is -3.70. The van der Waals surface area contributed by atoms with Crippen LogP contribution in [0.2, 0.25) is 0 Å². The predicted molar refractivity (Wildman–Crippen MR) is 144 cm³/mol. The van der Waals surface area contributed by atoms with Crippen molar-refractivity contribution in [3.05, 3.63) is 101 Å². The zero-order valence-electron chi connectivity index (χ0n) is 20.0. The van der Waals surface area contributed by atoms with Crippen LogP contribution >= 0.6 is 11.3 Å². The summed E-state index contributed by atoms with van der Waals surface area (Å²) >= 11 is 1.35. The van der Waals surface area contributed by atoms with Crippen molar-refractivity contribution in [3.8, 4) is 22.3 Å². The summed E-state index contributed by atoms with van der Waals surface area (Å²) in [5.41, 5.74) is 5.52. The highest BCUT2D eigenvalue weighted by Gasteiger charge is 2.23. The highest BCUT2D eigenvalue weighted by Crippen LogP contribution is 2.37. The molecule has 35 heavy (non-hydrogen) atoms. The Morgan fingerprint density at radius 3 is 2.09 bits per heavy atom. The maximum absolute atomic E-state index is 13.0. The van der Waals surface area contributed by atoms with E-state index in [4.69, 9.17) is 4.74 Å². The third kappa shape index (κ3) is 6.46. The van der Waals surface area contributed by atoms with E-state index in [1.165, 1.54) is 16.9 Å². The summed E-state index contributed by atoms with van der Waals surface area (Å²) in [5, 5.41) is 5.40. The number of ether oxygens (including phenoxy) is 1. The maximum atomic E-state index is 13.0. The number of rotatable bonds is 9. The molecule has 0 aliphatic carbocycles. The first-order chi connectivity index (χ1) is 17.0. The number of carbonyl (C=O) groups excluding carboxylic acids is 2. The molecule has 3 aromatic carbocycles. The van der Waals surface area contributed by atoms with Gasteiger partial charge < -0.3 is 10.1 Å². The molecule has 178 valence electrons. The Labute approximate surface area is 210 Å². The van der Waals surface area contributed by atoms with Gasteiger partial charge in [0.15, 0.2) is 0 Å². The van der Waals surface area contributed by atoms with Gasteiger partial charge in [-0.15, -0.1) is 11.3 Å². The fraction of sp³-hybridized carbons (Fsp3) is 0.200. The van der Waals surface area contributed by atoms with E-state index >= 15 is 0 Å². The average molecular weight is 484 g/mol. The van der Waals surface area contributed by atoms with Gasteiger partial charge in [-0.2, -0.15) is 0 Å². The molecular weight excluding hydrogens is 454 g/mol. The monoisotopic (exact) mass is 483 g/mol. The minimum absolute atomic E-state index is 0.104. The molecule has 4 aromatic rings. The molecule has 0 radical (unpaired) electrons. The zero-order valence-corrected chi connectivity index (χ0v) is 20.8. The van der Waals surface area contributed by atoms with E-state index < -0.39 is 5.97 Å². The van der Waals surface area contributed by atoms with E-state index in [1.54, 1.807) is 0 Å². The van der Waals surface area contributed by atoms with Crippen molar-refractivity contribution < 1.29 is 14.3 Å². The first-order valence-corrected chi connectivity index (χ1v) is 12.7. The number of aryl methyl sites for hydroxylation is 1. The molecular formula is C30H29NO3S. The van der Waals surface area contributed by atoms with Crippen LogP contribution in [0, 0.1) is 0 Å². The minimum Gasteiger partial charge on any atom is -0.459 e. The first-order valence-electron chi connectivity index (χ1n) is 11.8. The average Bonchev–Trinajstić information content (AvgIpc) is 3.28. The molecule has 0 aliphatic heterocycles. The van der Waals surface area contributed by atoms with Crippen LogP contribution in [0.25, 0.3) is 22.3 Å². The third-order valence-corrected chi connectivity index (χ3v) is 6.50. The summed E-state index contributed by atoms with van der Waals surface area (Å²) in [4.78, 5) is 25.7. The summed E-state index contributed by atoms with van der Waals surface area (Å²) in [6, 6.07) is 28.3. The molecule has 0 saturated heterocycles. The third-order valence-electron chi connectivity index (χ3n) is 5.61. The lowest BCUT2D eigenvalue weighted by Crippen LogP contribution is -2.16. The number of carbonyl (C=O) groups is 2. The van der Waals surface area contributed by atoms with Gasteiger partial charge in [-0.05, 0) is 48.9 Å². The number of hydrogen-bond donors (Lipinski definition) is 1. The second kappa shape index (κ2) is 11.6. The van der Waals surface area contributed by atoms with E-state index in [0.29, 0.717) is 17.0 Å². The van der Waals surface area contributed by atoms with Crippen LogP contribution in [0.3, 0.4) is 0 Å². The molecule has 0 spiro atoms. The van der Waals surface area contributed by atoms with Crippen LogP contribution < -0.4 is 5.32 Å². The first kappa shape index (κ1) is 24.4. The van der Waals surface area contributed by atoms with E-state index in [9.17, 15) is 9.59 Å². The van der Waals surface area contributed by atoms with Gasteiger partial charge in [0.25, 0.3) is 0 Å². The molecule has 0 aliphatic rings. The highest BCUT2D eigenvalue weighted by atomic mass is 32.1. The number of nitrogens with one attached hydrogen (secondary N) is 1. The molecule has 1 N–H and O–H groups in total. The molecule has 4 nitrogen and oxygen atoms in total. The lowest BCUT2D eigenvalue weighted by molar-refractivity contribution is -0.116. The smallest absolute Gasteiger partial charge is 0.342 e. The fourth-order valence-electron chi connectivity index (χ4n) is 3.90. The van der Waals surface area contributed by atoms with Crippen LogP contribution in [0.4, 0.5) is 5.00 Å². The number of hydrogen-bond acceptors (Lipinski definition) is 4. The Bertz CT molecular complexity index is 1260. The van der Waals surface area contributed by atoms with Gasteiger partial charge in [0, 0.05) is 17.4 Å². The van der Waals surface area contributed by atoms with Crippen molar-refractivity contribution in [1.82, 2.24) is 0 Å². The standard InChI is InChI=1S/C30H29NO3S/c1-21(2)34-30(33)28-26(25-18-16-24(17-19-25)23-13-7-4-8-14-23)20-35-29(28)31-27(32)15-9-12-22-10-5-3-6-11-22/h3-8,10-11,13-14,16-21H,9,12,15H2,1-2H3,(H,31,32). The lowest BCUT2D eigenvalue weighted by atomic mass is 9.99. The van der Waals surface area contributed by atoms with E-state index in [-0.39, 0.29) is 12.0 Å². The summed E-state index contributed by atoms with van der Waals surface area (Å²) in [7, 11) is 0. The van der Waals surface area contributed by atoms with E-state index in [1.807, 2.05) is 79.9 Å². The molecule has 0 bridgehead atoms. The van der Waals surface area contributed by atoms with Crippen molar-refractivity contribution in [3.63, 3.8) is 0 Å². The molecule has 0 atom stereocenters. The van der Waals surface area contributed by atoms with Crippen LogP contribution in [0.5, 0.6) is 0 Å². The van der Waals surface area contributed by atoms with Gasteiger partial charge in [-0.1, -0.05) is 84.9 Å². The van der Waals surface area contributed by atoms with E-state index in [2.05, 4.69) is 29.6 Å². The van der Waals surface area contributed by atoms with Gasteiger partial charge in [0.1, 0.15) is 10.6 Å². The molecule has 4 rings (SSSR count). The fourth-order valence-corrected chi connectivity index (χ4v) is 4.87. The Morgan fingerprint density at radius 2 is 1.43 bits per heavy atom. The summed E-state index contributed by atoms with van der Waals surface area (Å²) in [6.45, 7) is 3.64. The maximum Gasteiger partial charge on any atom is 0.342 e. The van der Waals surface area contributed by atoms with Crippen molar-refractivity contribution in [2.24, 2.45) is 0 Å². The van der Waals surface area contributed by atoms with Crippen molar-refractivity contribution >= 4 is 28.2 Å². The summed E-state index contributed by atoms with van der Waals surface area (Å²) in [6.07, 6.45) is 1.69. The number of amides is 1. The van der Waals surface area contributed by atoms with Gasteiger partial charge in [0.2, 0.25) is 5.91 Å². The highest BCUT2D eigenvalue weighted by molar-refractivity contribution is 7.15. The van der Waals surface area contributed by atoms with Crippen molar-refractivity contribution in [2.45, 2.75) is 39.2 Å². The second-order valence-corrected chi connectivity index (χ2v) is 9.52. The van der Waals surface area contributed by atoms with Gasteiger partial charge in [-0.25, -0.2) is 4.79 Å². The second-order valence-electron chi connectivity index (χ2n) is 8.64. The normalized spacial score (nSPS) is 10.8. The lowest BCUT2D eigenvalue weighted by Gasteiger charge is -2.12. The summed E-state index contributed by atoms with van der Waals surface area (Å²) in [5.74, 6) is -0.532. The topological polar surface area (TPSA) is 55.4 Å². The molecule has 1 heterocycles. The minimum atomic E-state index is -0.428. The zero-order chi connectivity index (χ0) is 24.6. The summed E-state index contributed by atoms with van der Waals surface area (Å²) < 4.78 is 5.53.